The highest BCUT2D eigenvalue weighted by molar-refractivity contribution is 7.91. The first-order valence-corrected chi connectivity index (χ1v) is 7.28. The van der Waals surface area contributed by atoms with Gasteiger partial charge in [0, 0.05) is 17.7 Å². The first-order chi connectivity index (χ1) is 7.44. The van der Waals surface area contributed by atoms with Crippen LogP contribution in [0.15, 0.2) is 5.38 Å². The number of nitrogens with zero attached hydrogens (tertiary/aromatic N) is 1. The molecule has 16 heavy (non-hydrogen) atoms. The van der Waals surface area contributed by atoms with Crippen molar-refractivity contribution in [3.05, 3.63) is 11.1 Å². The van der Waals surface area contributed by atoms with Crippen LogP contribution in [0.25, 0.3) is 0 Å². The molecular formula is C8H12N2O4S2. The number of rotatable bonds is 6. The predicted molar refractivity (Wildman–Crippen MR) is 61.9 cm³/mol. The second-order valence-electron chi connectivity index (χ2n) is 3.01. The van der Waals surface area contributed by atoms with Crippen molar-refractivity contribution in [3.63, 3.8) is 0 Å². The Morgan fingerprint density at radius 1 is 1.62 bits per heavy atom. The third-order valence-corrected chi connectivity index (χ3v) is 4.36. The van der Waals surface area contributed by atoms with E-state index in [-0.39, 0.29) is 23.7 Å². The summed E-state index contributed by atoms with van der Waals surface area (Å²) >= 11 is 1.14. The predicted octanol–water partition coefficient (Wildman–Crippen LogP) is 0.688. The molecule has 0 bridgehead atoms. The zero-order valence-electron chi connectivity index (χ0n) is 8.63. The Morgan fingerprint density at radius 2 is 2.31 bits per heavy atom. The Kier molecular flexibility index (Phi) is 4.25. The number of hydrogen-bond donors (Lipinski definition) is 2. The van der Waals surface area contributed by atoms with Crippen LogP contribution < -0.4 is 5.32 Å². The molecule has 1 aromatic rings. The molecule has 0 radical (unpaired) electrons. The third-order valence-electron chi connectivity index (χ3n) is 1.85. The maximum absolute atomic E-state index is 11.2. The Balaban J connectivity index is 2.46. The van der Waals surface area contributed by atoms with Crippen molar-refractivity contribution in [3.8, 4) is 0 Å². The van der Waals surface area contributed by atoms with E-state index in [0.29, 0.717) is 5.13 Å². The normalized spacial score (nSPS) is 11.3. The lowest BCUT2D eigenvalue weighted by atomic mass is 10.5. The molecule has 8 heteroatoms. The van der Waals surface area contributed by atoms with Crippen LogP contribution in [0.1, 0.15) is 17.4 Å². The summed E-state index contributed by atoms with van der Waals surface area (Å²) in [6, 6.07) is 0. The molecule has 90 valence electrons. The number of aromatic nitrogens is 1. The molecule has 0 saturated carbocycles. The fraction of sp³-hybridized carbons (Fsp3) is 0.500. The third kappa shape index (κ3) is 3.78. The molecule has 0 fully saturated rings. The SMILES string of the molecule is CCS(=O)(=O)CCNc1nc(C(=O)O)cs1. The Hall–Kier alpha value is -1.15. The molecule has 6 nitrogen and oxygen atoms in total. The van der Waals surface area contributed by atoms with E-state index in [0.717, 1.165) is 11.3 Å². The molecule has 0 spiro atoms. The number of thiazole rings is 1. The van der Waals surface area contributed by atoms with Crippen molar-refractivity contribution < 1.29 is 18.3 Å². The van der Waals surface area contributed by atoms with E-state index in [2.05, 4.69) is 10.3 Å². The van der Waals surface area contributed by atoms with Gasteiger partial charge in [0.15, 0.2) is 20.7 Å². The van der Waals surface area contributed by atoms with Crippen LogP contribution >= 0.6 is 11.3 Å². The minimum atomic E-state index is -3.00. The second kappa shape index (κ2) is 5.26. The van der Waals surface area contributed by atoms with E-state index in [1.165, 1.54) is 5.38 Å². The van der Waals surface area contributed by atoms with Crippen LogP contribution in [0.5, 0.6) is 0 Å². The van der Waals surface area contributed by atoms with Crippen LogP contribution in [-0.4, -0.2) is 42.5 Å². The number of nitrogens with one attached hydrogen (secondary N) is 1. The van der Waals surface area contributed by atoms with Crippen molar-refractivity contribution >= 4 is 32.3 Å². The van der Waals surface area contributed by atoms with Gasteiger partial charge in [0.25, 0.3) is 0 Å². The van der Waals surface area contributed by atoms with Gasteiger partial charge in [-0.2, -0.15) is 0 Å². The van der Waals surface area contributed by atoms with E-state index in [4.69, 9.17) is 5.11 Å². The van der Waals surface area contributed by atoms with Crippen molar-refractivity contribution in [2.24, 2.45) is 0 Å². The van der Waals surface area contributed by atoms with E-state index in [9.17, 15) is 13.2 Å². The summed E-state index contributed by atoms with van der Waals surface area (Å²) in [5.41, 5.74) is -0.0363. The molecule has 0 unspecified atom stereocenters. The summed E-state index contributed by atoms with van der Waals surface area (Å²) in [5, 5.41) is 13.2. The van der Waals surface area contributed by atoms with Gasteiger partial charge in [-0.3, -0.25) is 0 Å². The first-order valence-electron chi connectivity index (χ1n) is 4.57. The lowest BCUT2D eigenvalue weighted by molar-refractivity contribution is 0.0691. The quantitative estimate of drug-likeness (QED) is 0.784. The molecule has 1 heterocycles. The van der Waals surface area contributed by atoms with Gasteiger partial charge in [0.1, 0.15) is 0 Å². The van der Waals surface area contributed by atoms with Crippen LogP contribution in [-0.2, 0) is 9.84 Å². The van der Waals surface area contributed by atoms with E-state index >= 15 is 0 Å². The minimum absolute atomic E-state index is 0.0193. The Bertz CT molecular complexity index is 466. The van der Waals surface area contributed by atoms with Gasteiger partial charge in [-0.1, -0.05) is 6.92 Å². The molecule has 2 N–H and O–H groups in total. The molecule has 0 amide bonds. The summed E-state index contributed by atoms with van der Waals surface area (Å²) < 4.78 is 22.3. The lowest BCUT2D eigenvalue weighted by Crippen LogP contribution is -2.17. The number of sulfone groups is 1. The minimum Gasteiger partial charge on any atom is -0.476 e. The van der Waals surface area contributed by atoms with Crippen LogP contribution in [0, 0.1) is 0 Å². The van der Waals surface area contributed by atoms with Gasteiger partial charge in [0.05, 0.1) is 5.75 Å². The molecule has 0 aliphatic rings. The van der Waals surface area contributed by atoms with Gasteiger partial charge in [-0.05, 0) is 0 Å². The second-order valence-corrected chi connectivity index (χ2v) is 6.34. The molecule has 0 aromatic carbocycles. The zero-order chi connectivity index (χ0) is 12.2. The number of aromatic carboxylic acids is 1. The van der Waals surface area contributed by atoms with Gasteiger partial charge in [-0.15, -0.1) is 11.3 Å². The van der Waals surface area contributed by atoms with Crippen LogP contribution in [0.3, 0.4) is 0 Å². The van der Waals surface area contributed by atoms with E-state index in [1.807, 2.05) is 0 Å². The molecule has 0 aliphatic carbocycles. The van der Waals surface area contributed by atoms with E-state index in [1.54, 1.807) is 6.92 Å². The topological polar surface area (TPSA) is 96.4 Å². The number of carbonyl (C=O) groups is 1. The molecule has 0 aliphatic heterocycles. The lowest BCUT2D eigenvalue weighted by Gasteiger charge is -2.01. The monoisotopic (exact) mass is 264 g/mol. The summed E-state index contributed by atoms with van der Waals surface area (Å²) in [6.07, 6.45) is 0. The average molecular weight is 264 g/mol. The highest BCUT2D eigenvalue weighted by atomic mass is 32.2. The van der Waals surface area contributed by atoms with Gasteiger partial charge in [-0.25, -0.2) is 18.2 Å². The number of carboxylic acid groups (broad SMARTS) is 1. The van der Waals surface area contributed by atoms with Gasteiger partial charge in [0.2, 0.25) is 0 Å². The number of hydrogen-bond acceptors (Lipinski definition) is 6. The van der Waals surface area contributed by atoms with Crippen molar-refractivity contribution in [1.29, 1.82) is 0 Å². The zero-order valence-corrected chi connectivity index (χ0v) is 10.3. The smallest absolute Gasteiger partial charge is 0.355 e. The van der Waals surface area contributed by atoms with Crippen molar-refractivity contribution in [2.45, 2.75) is 6.92 Å². The molecular weight excluding hydrogens is 252 g/mol. The molecule has 1 aromatic heterocycles. The summed E-state index contributed by atoms with van der Waals surface area (Å²) in [5.74, 6) is -0.969. The van der Waals surface area contributed by atoms with Crippen molar-refractivity contribution in [1.82, 2.24) is 4.98 Å². The summed E-state index contributed by atoms with van der Waals surface area (Å²) in [4.78, 5) is 14.3. The number of anilines is 1. The summed E-state index contributed by atoms with van der Waals surface area (Å²) in [7, 11) is -3.00. The Labute approximate surface area is 97.2 Å². The highest BCUT2D eigenvalue weighted by Crippen LogP contribution is 2.14. The van der Waals surface area contributed by atoms with Crippen LogP contribution in [0.2, 0.25) is 0 Å². The highest BCUT2D eigenvalue weighted by Gasteiger charge is 2.10. The van der Waals surface area contributed by atoms with Gasteiger partial charge >= 0.3 is 5.97 Å². The van der Waals surface area contributed by atoms with Crippen LogP contribution in [0.4, 0.5) is 5.13 Å². The standard InChI is InChI=1S/C8H12N2O4S2/c1-2-16(13,14)4-3-9-8-10-6(5-15-8)7(11)12/h5H,2-4H2,1H3,(H,9,10)(H,11,12). The maximum Gasteiger partial charge on any atom is 0.355 e. The van der Waals surface area contributed by atoms with Gasteiger partial charge < -0.3 is 10.4 Å². The fourth-order valence-corrected chi connectivity index (χ4v) is 2.33. The number of carboxylic acids is 1. The molecule has 0 saturated heterocycles. The fourth-order valence-electron chi connectivity index (χ4n) is 0.911. The maximum atomic E-state index is 11.2. The van der Waals surface area contributed by atoms with Crippen molar-refractivity contribution in [2.75, 3.05) is 23.4 Å². The Morgan fingerprint density at radius 3 is 2.81 bits per heavy atom. The first kappa shape index (κ1) is 12.9. The largest absolute Gasteiger partial charge is 0.476 e. The average Bonchev–Trinajstić information content (AvgIpc) is 2.66. The molecule has 0 atom stereocenters. The molecule has 1 rings (SSSR count). The van der Waals surface area contributed by atoms with E-state index < -0.39 is 15.8 Å². The summed E-state index contributed by atoms with van der Waals surface area (Å²) in [6.45, 7) is 1.82.